The third kappa shape index (κ3) is 4.58. The third-order valence-electron chi connectivity index (χ3n) is 5.58. The molecule has 2 N–H and O–H groups in total. The smallest absolute Gasteiger partial charge is 0.326 e. The fraction of sp³-hybridized carbons (Fsp3) is 0.524. The fourth-order valence-electron chi connectivity index (χ4n) is 3.91. The largest absolute Gasteiger partial charge is 0.454 e. The monoisotopic (exact) mass is 401 g/mol. The van der Waals surface area contributed by atoms with E-state index in [4.69, 9.17) is 4.74 Å². The number of carbonyl (C=O) groups excluding carboxylic acids is 4. The molecule has 1 aromatic rings. The Morgan fingerprint density at radius 3 is 2.48 bits per heavy atom. The molecule has 0 bridgehead atoms. The summed E-state index contributed by atoms with van der Waals surface area (Å²) in [5, 5.41) is 5.54. The number of esters is 1. The minimum Gasteiger partial charge on any atom is -0.454 e. The summed E-state index contributed by atoms with van der Waals surface area (Å²) in [5.74, 6) is -1.61. The molecule has 1 saturated heterocycles. The molecule has 2 aliphatic rings. The molecule has 8 heteroatoms. The van der Waals surface area contributed by atoms with Crippen LogP contribution >= 0.6 is 0 Å². The van der Waals surface area contributed by atoms with E-state index in [9.17, 15) is 19.2 Å². The van der Waals surface area contributed by atoms with E-state index in [0.29, 0.717) is 19.3 Å². The molecule has 1 spiro atoms. The molecular formula is C21H27N3O5. The van der Waals surface area contributed by atoms with E-state index in [-0.39, 0.29) is 11.9 Å². The summed E-state index contributed by atoms with van der Waals surface area (Å²) >= 11 is 0. The van der Waals surface area contributed by atoms with Gasteiger partial charge < -0.3 is 15.4 Å². The lowest BCUT2D eigenvalue weighted by molar-refractivity contribution is -0.151. The number of hydrogen-bond acceptors (Lipinski definition) is 5. The molecule has 1 saturated carbocycles. The number of ether oxygens (including phenoxy) is 1. The molecule has 1 aliphatic carbocycles. The predicted octanol–water partition coefficient (Wildman–Crippen LogP) is 1.97. The SMILES string of the molecule is CC[C@@H](NC(=O)COC(=O)CN1C(=O)NC2(CCCC2)C1=O)c1ccc(C)cc1. The molecule has 2 fully saturated rings. The van der Waals surface area contributed by atoms with Gasteiger partial charge in [-0.05, 0) is 31.7 Å². The van der Waals surface area contributed by atoms with Gasteiger partial charge in [-0.3, -0.25) is 19.3 Å². The molecule has 8 nitrogen and oxygen atoms in total. The van der Waals surface area contributed by atoms with Crippen molar-refractivity contribution in [2.75, 3.05) is 13.2 Å². The standard InChI is InChI=1S/C21H27N3O5/c1-3-16(15-8-6-14(2)7-9-15)22-17(25)13-29-18(26)12-24-19(27)21(23-20(24)28)10-4-5-11-21/h6-9,16H,3-5,10-13H2,1-2H3,(H,22,25)(H,23,28)/t16-/m1/s1. The highest BCUT2D eigenvalue weighted by molar-refractivity contribution is 6.08. The molecule has 1 atom stereocenters. The first kappa shape index (κ1) is 20.8. The molecule has 29 heavy (non-hydrogen) atoms. The van der Waals surface area contributed by atoms with Crippen molar-refractivity contribution in [1.82, 2.24) is 15.5 Å². The van der Waals surface area contributed by atoms with E-state index in [2.05, 4.69) is 10.6 Å². The van der Waals surface area contributed by atoms with E-state index in [1.807, 2.05) is 38.1 Å². The van der Waals surface area contributed by atoms with Crippen LogP contribution in [0.15, 0.2) is 24.3 Å². The summed E-state index contributed by atoms with van der Waals surface area (Å²) in [6.07, 6.45) is 3.59. The Hall–Kier alpha value is -2.90. The van der Waals surface area contributed by atoms with Crippen LogP contribution in [0.4, 0.5) is 4.79 Å². The maximum Gasteiger partial charge on any atom is 0.326 e. The maximum atomic E-state index is 12.5. The highest BCUT2D eigenvalue weighted by atomic mass is 16.5. The van der Waals surface area contributed by atoms with Gasteiger partial charge in [0.25, 0.3) is 11.8 Å². The summed E-state index contributed by atoms with van der Waals surface area (Å²) in [5.41, 5.74) is 1.24. The zero-order chi connectivity index (χ0) is 21.0. The van der Waals surface area contributed by atoms with E-state index < -0.39 is 36.6 Å². The van der Waals surface area contributed by atoms with Crippen molar-refractivity contribution in [3.63, 3.8) is 0 Å². The Morgan fingerprint density at radius 1 is 1.21 bits per heavy atom. The molecule has 4 amide bonds. The number of imide groups is 1. The number of nitrogens with zero attached hydrogens (tertiary/aromatic N) is 1. The Morgan fingerprint density at radius 2 is 1.86 bits per heavy atom. The normalized spacial score (nSPS) is 18.6. The molecule has 0 aromatic heterocycles. The Labute approximate surface area is 170 Å². The number of benzene rings is 1. The minimum absolute atomic E-state index is 0.185. The molecule has 1 aromatic carbocycles. The van der Waals surface area contributed by atoms with Crippen LogP contribution in [0.25, 0.3) is 0 Å². The second kappa shape index (κ2) is 8.63. The summed E-state index contributed by atoms with van der Waals surface area (Å²) in [7, 11) is 0. The number of hydrogen-bond donors (Lipinski definition) is 2. The molecule has 0 unspecified atom stereocenters. The highest BCUT2D eigenvalue weighted by Gasteiger charge is 2.52. The van der Waals surface area contributed by atoms with Gasteiger partial charge in [0.1, 0.15) is 12.1 Å². The average molecular weight is 401 g/mol. The topological polar surface area (TPSA) is 105 Å². The van der Waals surface area contributed by atoms with Crippen molar-refractivity contribution in [2.24, 2.45) is 0 Å². The van der Waals surface area contributed by atoms with E-state index in [1.165, 1.54) is 0 Å². The van der Waals surface area contributed by atoms with Crippen LogP contribution in [-0.4, -0.2) is 47.4 Å². The van der Waals surface area contributed by atoms with Crippen LogP contribution in [0.3, 0.4) is 0 Å². The van der Waals surface area contributed by atoms with Gasteiger partial charge in [0.15, 0.2) is 6.61 Å². The Balaban J connectivity index is 1.48. The molecule has 1 aliphatic heterocycles. The maximum absolute atomic E-state index is 12.5. The second-order valence-electron chi connectivity index (χ2n) is 7.71. The van der Waals surface area contributed by atoms with Crippen molar-refractivity contribution < 1.29 is 23.9 Å². The van der Waals surface area contributed by atoms with Crippen molar-refractivity contribution in [3.05, 3.63) is 35.4 Å². The van der Waals surface area contributed by atoms with Crippen molar-refractivity contribution in [1.29, 1.82) is 0 Å². The Bertz CT molecular complexity index is 799. The fourth-order valence-corrected chi connectivity index (χ4v) is 3.91. The summed E-state index contributed by atoms with van der Waals surface area (Å²) in [6.45, 7) is 2.99. The zero-order valence-corrected chi connectivity index (χ0v) is 16.8. The first-order valence-corrected chi connectivity index (χ1v) is 10.0. The van der Waals surface area contributed by atoms with Crippen LogP contribution in [0.2, 0.25) is 0 Å². The number of aryl methyl sites for hydroxylation is 1. The van der Waals surface area contributed by atoms with Crippen LogP contribution in [0.5, 0.6) is 0 Å². The number of nitrogens with one attached hydrogen (secondary N) is 2. The predicted molar refractivity (Wildman–Crippen MR) is 105 cm³/mol. The highest BCUT2D eigenvalue weighted by Crippen LogP contribution is 2.34. The number of carbonyl (C=O) groups is 4. The minimum atomic E-state index is -0.864. The van der Waals surface area contributed by atoms with Crippen molar-refractivity contribution >= 4 is 23.8 Å². The lowest BCUT2D eigenvalue weighted by atomic mass is 9.98. The van der Waals surface area contributed by atoms with E-state index in [0.717, 1.165) is 28.9 Å². The number of rotatable bonds is 7. The average Bonchev–Trinajstić information content (AvgIpc) is 3.26. The third-order valence-corrected chi connectivity index (χ3v) is 5.58. The van der Waals surface area contributed by atoms with Crippen molar-refractivity contribution in [3.8, 4) is 0 Å². The van der Waals surface area contributed by atoms with Crippen LogP contribution in [-0.2, 0) is 19.1 Å². The summed E-state index contributed by atoms with van der Waals surface area (Å²) in [4.78, 5) is 49.8. The molecular weight excluding hydrogens is 374 g/mol. The first-order chi connectivity index (χ1) is 13.8. The second-order valence-corrected chi connectivity index (χ2v) is 7.71. The van der Waals surface area contributed by atoms with Gasteiger partial charge in [0.05, 0.1) is 6.04 Å². The van der Waals surface area contributed by atoms with Gasteiger partial charge in [0.2, 0.25) is 0 Å². The van der Waals surface area contributed by atoms with E-state index >= 15 is 0 Å². The summed E-state index contributed by atoms with van der Waals surface area (Å²) < 4.78 is 4.99. The van der Waals surface area contributed by atoms with Gasteiger partial charge in [0, 0.05) is 0 Å². The van der Waals surface area contributed by atoms with Gasteiger partial charge in [-0.15, -0.1) is 0 Å². The van der Waals surface area contributed by atoms with Crippen LogP contribution in [0.1, 0.15) is 56.2 Å². The van der Waals surface area contributed by atoms with Gasteiger partial charge in [-0.2, -0.15) is 0 Å². The first-order valence-electron chi connectivity index (χ1n) is 10.0. The zero-order valence-electron chi connectivity index (χ0n) is 16.8. The lowest BCUT2D eigenvalue weighted by Crippen LogP contribution is -2.44. The number of amides is 4. The molecule has 0 radical (unpaired) electrons. The number of urea groups is 1. The molecule has 156 valence electrons. The van der Waals surface area contributed by atoms with Crippen LogP contribution < -0.4 is 10.6 Å². The quantitative estimate of drug-likeness (QED) is 0.537. The Kier molecular flexibility index (Phi) is 6.20. The van der Waals surface area contributed by atoms with Gasteiger partial charge in [-0.1, -0.05) is 49.6 Å². The molecule has 1 heterocycles. The molecule has 3 rings (SSSR count). The van der Waals surface area contributed by atoms with Gasteiger partial charge >= 0.3 is 12.0 Å². The van der Waals surface area contributed by atoms with E-state index in [1.54, 1.807) is 0 Å². The lowest BCUT2D eigenvalue weighted by Gasteiger charge is -2.20. The summed E-state index contributed by atoms with van der Waals surface area (Å²) in [6, 6.07) is 7.08. The van der Waals surface area contributed by atoms with Crippen LogP contribution in [0, 0.1) is 6.92 Å². The van der Waals surface area contributed by atoms with Gasteiger partial charge in [-0.25, -0.2) is 4.79 Å². The van der Waals surface area contributed by atoms with Crippen molar-refractivity contribution in [2.45, 2.75) is 57.5 Å².